The van der Waals surface area contributed by atoms with Crippen molar-refractivity contribution >= 4 is 17.5 Å². The minimum atomic E-state index is -0.320. The Hall–Kier alpha value is -3.62. The highest BCUT2D eigenvalue weighted by Gasteiger charge is 2.14. The van der Waals surface area contributed by atoms with E-state index >= 15 is 0 Å². The normalized spacial score (nSPS) is 12.0. The monoisotopic (exact) mass is 353 g/mol. The van der Waals surface area contributed by atoms with Gasteiger partial charge in [-0.15, -0.1) is 0 Å². The zero-order chi connectivity index (χ0) is 17.9. The summed E-state index contributed by atoms with van der Waals surface area (Å²) in [5, 5.41) is 9.53. The summed E-state index contributed by atoms with van der Waals surface area (Å²) in [6, 6.07) is 7.25. The number of aromatic nitrogens is 3. The lowest BCUT2D eigenvalue weighted by molar-refractivity contribution is 0.0945. The number of hydrogen-bond acceptors (Lipinski definition) is 8. The molecule has 26 heavy (non-hydrogen) atoms. The summed E-state index contributed by atoms with van der Waals surface area (Å²) >= 11 is 0. The molecule has 0 aliphatic carbocycles. The van der Waals surface area contributed by atoms with Crippen molar-refractivity contribution < 1.29 is 18.8 Å². The number of carbonyl (C=O) groups excluding carboxylic acids is 1. The molecule has 2 N–H and O–H groups in total. The number of hydrogen-bond donors (Lipinski definition) is 2. The lowest BCUT2D eigenvalue weighted by Crippen LogP contribution is -2.24. The Kier molecular flexibility index (Phi) is 4.10. The fourth-order valence-corrected chi connectivity index (χ4v) is 2.39. The largest absolute Gasteiger partial charge is 0.454 e. The van der Waals surface area contributed by atoms with Crippen molar-refractivity contribution in [1.29, 1.82) is 0 Å². The molecule has 0 saturated heterocycles. The third-order valence-corrected chi connectivity index (χ3v) is 3.66. The SMILES string of the molecule is Cc1cc(Nc2cnc(C(=O)NCc3ccc4c(c3)OCO4)cn2)no1. The Bertz CT molecular complexity index is 939. The molecule has 1 aromatic carbocycles. The Morgan fingerprint density at radius 3 is 2.77 bits per heavy atom. The first-order valence-electron chi connectivity index (χ1n) is 7.86. The van der Waals surface area contributed by atoms with E-state index in [-0.39, 0.29) is 18.4 Å². The predicted molar refractivity (Wildman–Crippen MR) is 90.3 cm³/mol. The molecule has 1 aliphatic rings. The second kappa shape index (κ2) is 6.71. The number of carbonyl (C=O) groups is 1. The van der Waals surface area contributed by atoms with Crippen molar-refractivity contribution in [2.24, 2.45) is 0 Å². The van der Waals surface area contributed by atoms with E-state index in [2.05, 4.69) is 25.8 Å². The van der Waals surface area contributed by atoms with Gasteiger partial charge in [0.05, 0.1) is 12.4 Å². The van der Waals surface area contributed by atoms with Gasteiger partial charge in [0, 0.05) is 12.6 Å². The molecule has 0 atom stereocenters. The molecule has 0 unspecified atom stereocenters. The highest BCUT2D eigenvalue weighted by molar-refractivity contribution is 5.92. The maximum absolute atomic E-state index is 12.2. The fraction of sp³-hybridized carbons (Fsp3) is 0.176. The molecule has 9 nitrogen and oxygen atoms in total. The molecule has 0 bridgehead atoms. The van der Waals surface area contributed by atoms with Crippen LogP contribution in [-0.4, -0.2) is 27.8 Å². The Labute approximate surface area is 148 Å². The lowest BCUT2D eigenvalue weighted by atomic mass is 10.2. The summed E-state index contributed by atoms with van der Waals surface area (Å²) in [7, 11) is 0. The summed E-state index contributed by atoms with van der Waals surface area (Å²) < 4.78 is 15.5. The van der Waals surface area contributed by atoms with E-state index in [1.54, 1.807) is 13.0 Å². The average molecular weight is 353 g/mol. The van der Waals surface area contributed by atoms with Crippen LogP contribution in [0.2, 0.25) is 0 Å². The molecule has 0 fully saturated rings. The summed E-state index contributed by atoms with van der Waals surface area (Å²) in [4.78, 5) is 20.5. The number of nitrogens with one attached hydrogen (secondary N) is 2. The van der Waals surface area contributed by atoms with Gasteiger partial charge in [0.15, 0.2) is 17.3 Å². The number of amides is 1. The number of nitrogens with zero attached hydrogens (tertiary/aromatic N) is 3. The first kappa shape index (κ1) is 15.9. The Balaban J connectivity index is 1.35. The van der Waals surface area contributed by atoms with E-state index in [0.29, 0.717) is 35.4 Å². The van der Waals surface area contributed by atoms with Gasteiger partial charge >= 0.3 is 0 Å². The quantitative estimate of drug-likeness (QED) is 0.718. The van der Waals surface area contributed by atoms with E-state index in [1.807, 2.05) is 18.2 Å². The van der Waals surface area contributed by atoms with Crippen LogP contribution in [0.4, 0.5) is 11.6 Å². The molecule has 0 spiro atoms. The van der Waals surface area contributed by atoms with Crippen LogP contribution in [0.1, 0.15) is 21.8 Å². The smallest absolute Gasteiger partial charge is 0.271 e. The van der Waals surface area contributed by atoms with E-state index in [4.69, 9.17) is 14.0 Å². The number of ether oxygens (including phenoxy) is 2. The van der Waals surface area contributed by atoms with E-state index in [9.17, 15) is 4.79 Å². The Morgan fingerprint density at radius 2 is 2.00 bits per heavy atom. The highest BCUT2D eigenvalue weighted by Crippen LogP contribution is 2.32. The van der Waals surface area contributed by atoms with Crippen LogP contribution in [0, 0.1) is 6.92 Å². The highest BCUT2D eigenvalue weighted by atomic mass is 16.7. The van der Waals surface area contributed by atoms with Crippen LogP contribution in [0.3, 0.4) is 0 Å². The summed E-state index contributed by atoms with van der Waals surface area (Å²) in [5.41, 5.74) is 1.11. The fourth-order valence-electron chi connectivity index (χ4n) is 2.39. The first-order chi connectivity index (χ1) is 12.7. The van der Waals surface area contributed by atoms with E-state index < -0.39 is 0 Å². The number of benzene rings is 1. The molecule has 4 rings (SSSR count). The van der Waals surface area contributed by atoms with E-state index in [1.165, 1.54) is 12.4 Å². The van der Waals surface area contributed by atoms with Gasteiger partial charge in [0.1, 0.15) is 17.3 Å². The van der Waals surface area contributed by atoms with Crippen molar-refractivity contribution in [2.75, 3.05) is 12.1 Å². The van der Waals surface area contributed by atoms with Crippen molar-refractivity contribution in [3.63, 3.8) is 0 Å². The van der Waals surface area contributed by atoms with Crippen molar-refractivity contribution in [3.8, 4) is 11.5 Å². The number of fused-ring (bicyclic) bond motifs is 1. The van der Waals surface area contributed by atoms with Crippen molar-refractivity contribution in [1.82, 2.24) is 20.4 Å². The van der Waals surface area contributed by atoms with Crippen LogP contribution in [-0.2, 0) is 6.54 Å². The second-order valence-corrected chi connectivity index (χ2v) is 5.60. The minimum Gasteiger partial charge on any atom is -0.454 e. The van der Waals surface area contributed by atoms with Gasteiger partial charge in [-0.2, -0.15) is 0 Å². The lowest BCUT2D eigenvalue weighted by Gasteiger charge is -2.06. The molecule has 0 radical (unpaired) electrons. The maximum atomic E-state index is 12.2. The van der Waals surface area contributed by atoms with Crippen molar-refractivity contribution in [2.45, 2.75) is 13.5 Å². The third kappa shape index (κ3) is 3.41. The number of rotatable bonds is 5. The van der Waals surface area contributed by atoms with Crippen molar-refractivity contribution in [3.05, 3.63) is 53.7 Å². The molecular weight excluding hydrogens is 338 g/mol. The van der Waals surface area contributed by atoms with Crippen LogP contribution >= 0.6 is 0 Å². The summed E-state index contributed by atoms with van der Waals surface area (Å²) in [6.45, 7) is 2.35. The predicted octanol–water partition coefficient (Wildman–Crippen LogP) is 2.18. The molecule has 1 amide bonds. The van der Waals surface area contributed by atoms with Gasteiger partial charge in [0.2, 0.25) is 6.79 Å². The Morgan fingerprint density at radius 1 is 1.12 bits per heavy atom. The molecule has 1 aliphatic heterocycles. The van der Waals surface area contributed by atoms with E-state index in [0.717, 1.165) is 5.56 Å². The molecule has 9 heteroatoms. The van der Waals surface area contributed by atoms with Gasteiger partial charge in [-0.25, -0.2) is 9.97 Å². The van der Waals surface area contributed by atoms with Crippen LogP contribution in [0.25, 0.3) is 0 Å². The van der Waals surface area contributed by atoms with Crippen LogP contribution in [0.5, 0.6) is 11.5 Å². The van der Waals surface area contributed by atoms with Crippen LogP contribution in [0.15, 0.2) is 41.2 Å². The summed E-state index contributed by atoms with van der Waals surface area (Å²) in [5.74, 6) is 2.73. The van der Waals surface area contributed by atoms with Gasteiger partial charge in [-0.3, -0.25) is 4.79 Å². The standard InChI is InChI=1S/C17H15N5O4/c1-10-4-15(22-26-10)21-16-8-18-12(7-19-16)17(23)20-6-11-2-3-13-14(5-11)25-9-24-13/h2-5,7-8H,6,9H2,1H3,(H,20,23)(H,19,21,22). The van der Waals surface area contributed by atoms with Crippen LogP contribution < -0.4 is 20.1 Å². The molecule has 3 aromatic rings. The maximum Gasteiger partial charge on any atom is 0.271 e. The molecule has 0 saturated carbocycles. The number of aryl methyl sites for hydroxylation is 1. The van der Waals surface area contributed by atoms with Gasteiger partial charge in [-0.1, -0.05) is 11.2 Å². The molecule has 132 valence electrons. The zero-order valence-corrected chi connectivity index (χ0v) is 13.9. The molecule has 2 aromatic heterocycles. The minimum absolute atomic E-state index is 0.215. The van der Waals surface area contributed by atoms with Gasteiger partial charge in [0.25, 0.3) is 5.91 Å². The number of anilines is 2. The summed E-state index contributed by atoms with van der Waals surface area (Å²) in [6.07, 6.45) is 2.85. The van der Waals surface area contributed by atoms with Gasteiger partial charge in [-0.05, 0) is 24.6 Å². The second-order valence-electron chi connectivity index (χ2n) is 5.60. The first-order valence-corrected chi connectivity index (χ1v) is 7.86. The average Bonchev–Trinajstić information content (AvgIpc) is 3.28. The van der Waals surface area contributed by atoms with Gasteiger partial charge < -0.3 is 24.6 Å². The zero-order valence-electron chi connectivity index (χ0n) is 13.9. The topological polar surface area (TPSA) is 111 Å². The third-order valence-electron chi connectivity index (χ3n) is 3.66. The molecule has 3 heterocycles. The molecular formula is C17H15N5O4.